The summed E-state index contributed by atoms with van der Waals surface area (Å²) in [5.41, 5.74) is 1.12. The summed E-state index contributed by atoms with van der Waals surface area (Å²) in [4.78, 5) is 33.4. The molecule has 0 radical (unpaired) electrons. The van der Waals surface area contributed by atoms with Gasteiger partial charge in [-0.25, -0.2) is 9.79 Å². The summed E-state index contributed by atoms with van der Waals surface area (Å²) in [7, 11) is 0. The van der Waals surface area contributed by atoms with E-state index in [0.717, 1.165) is 0 Å². The van der Waals surface area contributed by atoms with Gasteiger partial charge in [-0.1, -0.05) is 18.2 Å². The van der Waals surface area contributed by atoms with Crippen LogP contribution in [0.25, 0.3) is 11.6 Å². The van der Waals surface area contributed by atoms with E-state index < -0.39 is 11.5 Å². The standard InChI is InChI=1S/C16H13N3O4S/c1-2-23-15(22)12-9(8-5-3-4-6-11(8)17-12)7-10-13(20)18-16(24)19-14(10)21/h3-7H,2H2,1H3,(H3,18,19,20,21,24)/b9-7+. The summed E-state index contributed by atoms with van der Waals surface area (Å²) in [5, 5.41) is 9.97. The first-order chi connectivity index (χ1) is 11.5. The topological polar surface area (TPSA) is 108 Å². The number of para-hydroxylation sites is 1. The van der Waals surface area contributed by atoms with E-state index in [1.165, 1.54) is 6.08 Å². The minimum Gasteiger partial charge on any atom is -0.494 e. The number of aromatic nitrogens is 2. The van der Waals surface area contributed by atoms with Crippen molar-refractivity contribution in [3.63, 3.8) is 0 Å². The number of hydrogen-bond acceptors (Lipinski definition) is 6. The van der Waals surface area contributed by atoms with Crippen LogP contribution in [-0.2, 0) is 9.53 Å². The molecule has 3 N–H and O–H groups in total. The molecule has 3 rings (SSSR count). The van der Waals surface area contributed by atoms with Crippen LogP contribution in [0.2, 0.25) is 0 Å². The van der Waals surface area contributed by atoms with Crippen LogP contribution >= 0.6 is 12.2 Å². The largest absolute Gasteiger partial charge is 0.494 e. The summed E-state index contributed by atoms with van der Waals surface area (Å²) in [6.45, 7) is 1.89. The van der Waals surface area contributed by atoms with Crippen LogP contribution in [0.15, 0.2) is 34.1 Å². The normalized spacial score (nSPS) is 14.4. The Labute approximate surface area is 141 Å². The number of nitrogens with zero attached hydrogens (tertiary/aromatic N) is 1. The van der Waals surface area contributed by atoms with Crippen LogP contribution in [0.5, 0.6) is 5.88 Å². The second kappa shape index (κ2) is 6.25. The molecule has 1 aliphatic heterocycles. The number of fused-ring (bicyclic) bond motifs is 1. The van der Waals surface area contributed by atoms with Gasteiger partial charge in [-0.05, 0) is 31.3 Å². The van der Waals surface area contributed by atoms with Crippen molar-refractivity contribution in [1.29, 1.82) is 0 Å². The maximum absolute atomic E-state index is 12.2. The zero-order chi connectivity index (χ0) is 17.3. The number of aromatic amines is 2. The van der Waals surface area contributed by atoms with Crippen molar-refractivity contribution < 1.29 is 14.6 Å². The van der Waals surface area contributed by atoms with E-state index >= 15 is 0 Å². The number of carbonyl (C=O) groups excluding carboxylic acids is 1. The third-order valence-electron chi connectivity index (χ3n) is 3.40. The molecule has 0 amide bonds. The van der Waals surface area contributed by atoms with Gasteiger partial charge < -0.3 is 14.8 Å². The smallest absolute Gasteiger partial charge is 0.357 e. The molecule has 1 aromatic carbocycles. The molecule has 1 aliphatic rings. The van der Waals surface area contributed by atoms with Gasteiger partial charge in [0.1, 0.15) is 5.56 Å². The van der Waals surface area contributed by atoms with Crippen molar-refractivity contribution in [3.8, 4) is 5.88 Å². The van der Waals surface area contributed by atoms with Gasteiger partial charge in [0.05, 0.1) is 12.3 Å². The molecular weight excluding hydrogens is 330 g/mol. The molecule has 8 heteroatoms. The average molecular weight is 343 g/mol. The highest BCUT2D eigenvalue weighted by Gasteiger charge is 2.27. The molecule has 2 heterocycles. The van der Waals surface area contributed by atoms with Crippen LogP contribution in [0.1, 0.15) is 18.1 Å². The molecular formula is C16H13N3O4S. The van der Waals surface area contributed by atoms with E-state index in [1.54, 1.807) is 31.2 Å². The SMILES string of the molecule is CCOC(=O)C1=Nc2ccccc2/C1=C\c1c(O)[nH]c(=S)[nH]c1=O. The first-order valence-electron chi connectivity index (χ1n) is 7.14. The Morgan fingerprint density at radius 2 is 2.12 bits per heavy atom. The minimum atomic E-state index is -0.597. The Morgan fingerprint density at radius 3 is 2.83 bits per heavy atom. The maximum atomic E-state index is 12.2. The van der Waals surface area contributed by atoms with Crippen LogP contribution in [0, 0.1) is 4.77 Å². The van der Waals surface area contributed by atoms with Crippen molar-refractivity contribution in [2.75, 3.05) is 6.61 Å². The van der Waals surface area contributed by atoms with Crippen LogP contribution in [-0.4, -0.2) is 33.4 Å². The third-order valence-corrected chi connectivity index (χ3v) is 3.60. The summed E-state index contributed by atoms with van der Waals surface area (Å²) >= 11 is 4.80. The zero-order valence-corrected chi connectivity index (χ0v) is 13.4. The van der Waals surface area contributed by atoms with Gasteiger partial charge in [0.2, 0.25) is 5.88 Å². The first kappa shape index (κ1) is 15.9. The van der Waals surface area contributed by atoms with Gasteiger partial charge in [-0.15, -0.1) is 0 Å². The van der Waals surface area contributed by atoms with E-state index in [4.69, 9.17) is 17.0 Å². The molecule has 2 aromatic rings. The number of esters is 1. The van der Waals surface area contributed by atoms with Gasteiger partial charge in [0.25, 0.3) is 5.56 Å². The highest BCUT2D eigenvalue weighted by molar-refractivity contribution is 7.71. The molecule has 7 nitrogen and oxygen atoms in total. The minimum absolute atomic E-state index is 0.00533. The quantitative estimate of drug-likeness (QED) is 0.585. The number of benzene rings is 1. The molecule has 0 fully saturated rings. The first-order valence-corrected chi connectivity index (χ1v) is 7.55. The van der Waals surface area contributed by atoms with E-state index in [1.807, 2.05) is 0 Å². The lowest BCUT2D eigenvalue weighted by atomic mass is 10.0. The molecule has 24 heavy (non-hydrogen) atoms. The van der Waals surface area contributed by atoms with Crippen LogP contribution in [0.4, 0.5) is 5.69 Å². The van der Waals surface area contributed by atoms with Gasteiger partial charge in [0, 0.05) is 11.1 Å². The summed E-state index contributed by atoms with van der Waals surface area (Å²) < 4.78 is 5.03. The summed E-state index contributed by atoms with van der Waals surface area (Å²) in [6.07, 6.45) is 1.39. The molecule has 0 unspecified atom stereocenters. The summed E-state index contributed by atoms with van der Waals surface area (Å²) in [5.74, 6) is -0.983. The molecule has 0 atom stereocenters. The number of aliphatic imine (C=N–C) groups is 1. The average Bonchev–Trinajstić information content (AvgIpc) is 2.90. The van der Waals surface area contributed by atoms with E-state index in [2.05, 4.69) is 15.0 Å². The third kappa shape index (κ3) is 2.79. The summed E-state index contributed by atoms with van der Waals surface area (Å²) in [6, 6.07) is 7.10. The predicted octanol–water partition coefficient (Wildman–Crippen LogP) is 2.33. The fourth-order valence-corrected chi connectivity index (χ4v) is 2.56. The molecule has 0 bridgehead atoms. The monoisotopic (exact) mass is 343 g/mol. The number of ether oxygens (including phenoxy) is 1. The van der Waals surface area contributed by atoms with E-state index in [9.17, 15) is 14.7 Å². The lowest BCUT2D eigenvalue weighted by Crippen LogP contribution is -2.18. The number of rotatable bonds is 3. The van der Waals surface area contributed by atoms with Crippen molar-refractivity contribution in [2.45, 2.75) is 6.92 Å². The molecule has 0 saturated carbocycles. The molecule has 122 valence electrons. The zero-order valence-electron chi connectivity index (χ0n) is 12.6. The molecule has 1 aromatic heterocycles. The van der Waals surface area contributed by atoms with Gasteiger partial charge in [-0.2, -0.15) is 0 Å². The Morgan fingerprint density at radius 1 is 1.38 bits per heavy atom. The van der Waals surface area contributed by atoms with Crippen LogP contribution < -0.4 is 5.56 Å². The number of hydrogen-bond donors (Lipinski definition) is 3. The fourth-order valence-electron chi connectivity index (χ4n) is 2.37. The highest BCUT2D eigenvalue weighted by atomic mass is 32.1. The van der Waals surface area contributed by atoms with E-state index in [-0.39, 0.29) is 28.5 Å². The molecule has 0 saturated heterocycles. The fraction of sp³-hybridized carbons (Fsp3) is 0.125. The van der Waals surface area contributed by atoms with Crippen molar-refractivity contribution >= 4 is 41.2 Å². The van der Waals surface area contributed by atoms with E-state index in [0.29, 0.717) is 16.8 Å². The highest BCUT2D eigenvalue weighted by Crippen LogP contribution is 2.36. The van der Waals surface area contributed by atoms with Gasteiger partial charge in [-0.3, -0.25) is 9.78 Å². The lowest BCUT2D eigenvalue weighted by Gasteiger charge is -2.06. The Balaban J connectivity index is 2.20. The maximum Gasteiger partial charge on any atom is 0.357 e. The van der Waals surface area contributed by atoms with Crippen molar-refractivity contribution in [1.82, 2.24) is 9.97 Å². The molecule has 0 spiro atoms. The lowest BCUT2D eigenvalue weighted by molar-refractivity contribution is -0.134. The Kier molecular flexibility index (Phi) is 4.13. The van der Waals surface area contributed by atoms with Gasteiger partial charge >= 0.3 is 5.97 Å². The number of nitrogens with one attached hydrogen (secondary N) is 2. The van der Waals surface area contributed by atoms with Crippen molar-refractivity contribution in [2.24, 2.45) is 4.99 Å². The second-order valence-electron chi connectivity index (χ2n) is 4.93. The van der Waals surface area contributed by atoms with Crippen LogP contribution in [0.3, 0.4) is 0 Å². The second-order valence-corrected chi connectivity index (χ2v) is 5.33. The number of carbonyl (C=O) groups is 1. The van der Waals surface area contributed by atoms with Crippen molar-refractivity contribution in [3.05, 3.63) is 50.5 Å². The number of aromatic hydroxyl groups is 1. The van der Waals surface area contributed by atoms with Gasteiger partial charge in [0.15, 0.2) is 10.5 Å². The Bertz CT molecular complexity index is 1000. The number of H-pyrrole nitrogens is 2. The Hall–Kier alpha value is -3.00. The molecule has 0 aliphatic carbocycles. The predicted molar refractivity (Wildman–Crippen MR) is 92.0 cm³/mol.